The van der Waals surface area contributed by atoms with E-state index in [1.54, 1.807) is 20.2 Å². The Morgan fingerprint density at radius 1 is 1.58 bits per heavy atom. The molecule has 0 amide bonds. The smallest absolute Gasteiger partial charge is 0.273 e. The summed E-state index contributed by atoms with van der Waals surface area (Å²) in [6.45, 7) is 3.74. The SMILES string of the molecule is COc1ncc(C(C)C(C)O)s1. The molecular formula is C8H13NO2S. The number of nitrogens with zero attached hydrogens (tertiary/aromatic N) is 1. The highest BCUT2D eigenvalue weighted by Gasteiger charge is 2.14. The Balaban J connectivity index is 2.74. The number of hydrogen-bond donors (Lipinski definition) is 1. The molecule has 0 radical (unpaired) electrons. The average Bonchev–Trinajstić information content (AvgIpc) is 2.50. The predicted molar refractivity (Wildman–Crippen MR) is 48.8 cm³/mol. The van der Waals surface area contributed by atoms with Gasteiger partial charge < -0.3 is 9.84 Å². The largest absolute Gasteiger partial charge is 0.473 e. The van der Waals surface area contributed by atoms with E-state index >= 15 is 0 Å². The van der Waals surface area contributed by atoms with Gasteiger partial charge >= 0.3 is 0 Å². The number of aromatic nitrogens is 1. The van der Waals surface area contributed by atoms with Crippen molar-refractivity contribution < 1.29 is 9.84 Å². The first-order valence-corrected chi connectivity index (χ1v) is 4.64. The molecule has 0 fully saturated rings. The first-order valence-electron chi connectivity index (χ1n) is 3.83. The molecule has 0 aliphatic rings. The van der Waals surface area contributed by atoms with Crippen molar-refractivity contribution in [2.24, 2.45) is 0 Å². The summed E-state index contributed by atoms with van der Waals surface area (Å²) in [6, 6.07) is 0. The van der Waals surface area contributed by atoms with E-state index in [0.717, 1.165) is 4.88 Å². The lowest BCUT2D eigenvalue weighted by atomic mass is 10.1. The van der Waals surface area contributed by atoms with Crippen LogP contribution in [0.5, 0.6) is 5.19 Å². The Labute approximate surface area is 76.0 Å². The molecule has 1 heterocycles. The van der Waals surface area contributed by atoms with Crippen molar-refractivity contribution in [3.05, 3.63) is 11.1 Å². The molecule has 0 saturated heterocycles. The van der Waals surface area contributed by atoms with Gasteiger partial charge in [-0.2, -0.15) is 0 Å². The third kappa shape index (κ3) is 1.95. The highest BCUT2D eigenvalue weighted by Crippen LogP contribution is 2.28. The first kappa shape index (κ1) is 9.48. The van der Waals surface area contributed by atoms with Crippen LogP contribution < -0.4 is 4.74 Å². The number of thiazole rings is 1. The summed E-state index contributed by atoms with van der Waals surface area (Å²) in [4.78, 5) is 5.08. The van der Waals surface area contributed by atoms with E-state index in [2.05, 4.69) is 4.98 Å². The minimum Gasteiger partial charge on any atom is -0.473 e. The van der Waals surface area contributed by atoms with Crippen LogP contribution in [0.3, 0.4) is 0 Å². The summed E-state index contributed by atoms with van der Waals surface area (Å²) < 4.78 is 4.95. The van der Waals surface area contributed by atoms with Gasteiger partial charge in [0.2, 0.25) is 0 Å². The third-order valence-corrected chi connectivity index (χ3v) is 3.01. The van der Waals surface area contributed by atoms with Gasteiger partial charge in [0, 0.05) is 17.0 Å². The number of methoxy groups -OCH3 is 1. The molecule has 0 saturated carbocycles. The van der Waals surface area contributed by atoms with E-state index in [9.17, 15) is 5.11 Å². The normalized spacial score (nSPS) is 15.7. The quantitative estimate of drug-likeness (QED) is 0.782. The van der Waals surface area contributed by atoms with Crippen LogP contribution in [0.15, 0.2) is 6.20 Å². The Morgan fingerprint density at radius 3 is 2.67 bits per heavy atom. The van der Waals surface area contributed by atoms with E-state index in [-0.39, 0.29) is 12.0 Å². The molecule has 0 aromatic carbocycles. The lowest BCUT2D eigenvalue weighted by Gasteiger charge is -2.10. The van der Waals surface area contributed by atoms with Crippen molar-refractivity contribution in [1.29, 1.82) is 0 Å². The fourth-order valence-corrected chi connectivity index (χ4v) is 1.69. The van der Waals surface area contributed by atoms with Gasteiger partial charge in [0.1, 0.15) is 0 Å². The van der Waals surface area contributed by atoms with Crippen LogP contribution in [0.2, 0.25) is 0 Å². The van der Waals surface area contributed by atoms with Gasteiger partial charge in [-0.1, -0.05) is 18.3 Å². The molecule has 4 heteroatoms. The highest BCUT2D eigenvalue weighted by molar-refractivity contribution is 7.13. The fourth-order valence-electron chi connectivity index (χ4n) is 0.812. The summed E-state index contributed by atoms with van der Waals surface area (Å²) in [7, 11) is 1.59. The summed E-state index contributed by atoms with van der Waals surface area (Å²) in [5.41, 5.74) is 0. The van der Waals surface area contributed by atoms with Crippen molar-refractivity contribution >= 4 is 11.3 Å². The molecule has 12 heavy (non-hydrogen) atoms. The molecule has 1 aromatic heterocycles. The first-order chi connectivity index (χ1) is 5.65. The van der Waals surface area contributed by atoms with E-state index in [0.29, 0.717) is 5.19 Å². The van der Waals surface area contributed by atoms with Crippen molar-refractivity contribution in [1.82, 2.24) is 4.98 Å². The van der Waals surface area contributed by atoms with Gasteiger partial charge in [-0.05, 0) is 6.92 Å². The number of aliphatic hydroxyl groups is 1. The monoisotopic (exact) mass is 187 g/mol. The zero-order valence-electron chi connectivity index (χ0n) is 7.44. The Kier molecular flexibility index (Phi) is 3.05. The van der Waals surface area contributed by atoms with Crippen LogP contribution in [0, 0.1) is 0 Å². The van der Waals surface area contributed by atoms with Gasteiger partial charge in [-0.3, -0.25) is 0 Å². The van der Waals surface area contributed by atoms with Gasteiger partial charge in [-0.25, -0.2) is 4.98 Å². The third-order valence-electron chi connectivity index (χ3n) is 1.85. The molecule has 0 bridgehead atoms. The fraction of sp³-hybridized carbons (Fsp3) is 0.625. The molecule has 1 aromatic rings. The lowest BCUT2D eigenvalue weighted by molar-refractivity contribution is 0.170. The van der Waals surface area contributed by atoms with Crippen molar-refractivity contribution in [2.75, 3.05) is 7.11 Å². The van der Waals surface area contributed by atoms with E-state index in [1.807, 2.05) is 6.92 Å². The molecular weight excluding hydrogens is 174 g/mol. The maximum absolute atomic E-state index is 9.29. The lowest BCUT2D eigenvalue weighted by Crippen LogP contribution is -2.09. The molecule has 1 N–H and O–H groups in total. The molecule has 0 aliphatic heterocycles. The Morgan fingerprint density at radius 2 is 2.25 bits per heavy atom. The van der Waals surface area contributed by atoms with E-state index in [4.69, 9.17) is 4.74 Å². The van der Waals surface area contributed by atoms with E-state index < -0.39 is 0 Å². The zero-order chi connectivity index (χ0) is 9.14. The molecule has 0 spiro atoms. The maximum atomic E-state index is 9.29. The molecule has 2 unspecified atom stereocenters. The number of rotatable bonds is 3. The van der Waals surface area contributed by atoms with Crippen LogP contribution >= 0.6 is 11.3 Å². The zero-order valence-corrected chi connectivity index (χ0v) is 8.26. The second-order valence-corrected chi connectivity index (χ2v) is 3.79. The standard InChI is InChI=1S/C8H13NO2S/c1-5(6(2)10)7-4-9-8(11-3)12-7/h4-6,10H,1-3H3. The van der Waals surface area contributed by atoms with Crippen LogP contribution in [-0.4, -0.2) is 23.3 Å². The molecule has 0 aliphatic carbocycles. The van der Waals surface area contributed by atoms with Crippen molar-refractivity contribution in [3.63, 3.8) is 0 Å². The minimum absolute atomic E-state index is 0.131. The molecule has 2 atom stereocenters. The number of hydrogen-bond acceptors (Lipinski definition) is 4. The molecule has 3 nitrogen and oxygen atoms in total. The van der Waals surface area contributed by atoms with Crippen LogP contribution in [0.1, 0.15) is 24.6 Å². The second kappa shape index (κ2) is 3.87. The summed E-state index contributed by atoms with van der Waals surface area (Å²) in [6.07, 6.45) is 1.41. The van der Waals surface area contributed by atoms with Gasteiger partial charge in [-0.15, -0.1) is 0 Å². The van der Waals surface area contributed by atoms with E-state index in [1.165, 1.54) is 11.3 Å². The van der Waals surface area contributed by atoms with Gasteiger partial charge in [0.25, 0.3) is 5.19 Å². The van der Waals surface area contributed by atoms with Crippen LogP contribution in [0.4, 0.5) is 0 Å². The second-order valence-electron chi connectivity index (χ2n) is 2.76. The number of aliphatic hydroxyl groups excluding tert-OH is 1. The summed E-state index contributed by atoms with van der Waals surface area (Å²) in [5.74, 6) is 0.131. The minimum atomic E-state index is -0.338. The number of ether oxygens (including phenoxy) is 1. The van der Waals surface area contributed by atoms with Crippen LogP contribution in [-0.2, 0) is 0 Å². The summed E-state index contributed by atoms with van der Waals surface area (Å²) >= 11 is 1.48. The highest BCUT2D eigenvalue weighted by atomic mass is 32.1. The Hall–Kier alpha value is -0.610. The Bertz CT molecular complexity index is 247. The van der Waals surface area contributed by atoms with Gasteiger partial charge in [0.15, 0.2) is 0 Å². The van der Waals surface area contributed by atoms with Crippen LogP contribution in [0.25, 0.3) is 0 Å². The average molecular weight is 187 g/mol. The van der Waals surface area contributed by atoms with Crippen molar-refractivity contribution in [2.45, 2.75) is 25.9 Å². The van der Waals surface area contributed by atoms with Crippen molar-refractivity contribution in [3.8, 4) is 5.19 Å². The van der Waals surface area contributed by atoms with Gasteiger partial charge in [0.05, 0.1) is 13.2 Å². The topological polar surface area (TPSA) is 42.4 Å². The summed E-state index contributed by atoms with van der Waals surface area (Å²) in [5, 5.41) is 9.94. The maximum Gasteiger partial charge on any atom is 0.273 e. The predicted octanol–water partition coefficient (Wildman–Crippen LogP) is 1.64. The molecule has 68 valence electrons. The molecule has 1 rings (SSSR count).